The molecule has 3 rings (SSSR count). The summed E-state index contributed by atoms with van der Waals surface area (Å²) >= 11 is 0. The van der Waals surface area contributed by atoms with E-state index in [9.17, 15) is 63.0 Å². The molecule has 386 valence electrons. The van der Waals surface area contributed by atoms with Crippen LogP contribution in [0.2, 0.25) is 0 Å². The third kappa shape index (κ3) is 19.7. The van der Waals surface area contributed by atoms with E-state index >= 15 is 0 Å². The van der Waals surface area contributed by atoms with Gasteiger partial charge in [0.2, 0.25) is 65.0 Å². The fraction of sp³-hybridized carbons (Fsp3) is 0.457. The zero-order chi connectivity index (χ0) is 52.9. The molecule has 1 saturated heterocycles. The number of aromatic hydroxyl groups is 2. The van der Waals surface area contributed by atoms with Gasteiger partial charge in [-0.15, -0.1) is 0 Å². The second-order valence-corrected chi connectivity index (χ2v) is 17.1. The van der Waals surface area contributed by atoms with Crippen molar-refractivity contribution in [2.24, 2.45) is 23.1 Å². The Kier molecular flexibility index (Phi) is 22.2. The number of likely N-dealkylation sites (N-methyl/N-ethyl adjacent to an activating group) is 1. The number of nitrogens with two attached hydrogens (primary N) is 3. The minimum atomic E-state index is -1.82. The molecule has 2 aromatic rings. The quantitative estimate of drug-likeness (QED) is 0.0676. The number of carbonyl (C=O) groups excluding carboxylic acids is 11. The molecule has 11 amide bonds. The minimum absolute atomic E-state index is 0.0179. The van der Waals surface area contributed by atoms with Gasteiger partial charge in [0.1, 0.15) is 41.7 Å². The molecule has 0 aliphatic carbocycles. The van der Waals surface area contributed by atoms with Crippen molar-refractivity contribution >= 4 is 65.0 Å². The molecule has 16 N–H and O–H groups in total. The molecular formula is C46H64N12O13. The number of benzene rings is 2. The van der Waals surface area contributed by atoms with Crippen molar-refractivity contribution in [2.45, 2.75) is 101 Å². The first-order valence-corrected chi connectivity index (χ1v) is 22.6. The van der Waals surface area contributed by atoms with Crippen LogP contribution in [0.25, 0.3) is 0 Å². The number of amides is 11. The van der Waals surface area contributed by atoms with Crippen molar-refractivity contribution in [2.75, 3.05) is 26.7 Å². The highest BCUT2D eigenvalue weighted by Crippen LogP contribution is 2.17. The number of primary amides is 3. The van der Waals surface area contributed by atoms with Gasteiger partial charge in [0.05, 0.1) is 32.1 Å². The van der Waals surface area contributed by atoms with Crippen molar-refractivity contribution < 1.29 is 63.0 Å². The van der Waals surface area contributed by atoms with Crippen LogP contribution in [0.15, 0.2) is 60.8 Å². The highest BCUT2D eigenvalue weighted by Gasteiger charge is 2.35. The van der Waals surface area contributed by atoms with E-state index in [0.717, 1.165) is 11.9 Å². The zero-order valence-corrected chi connectivity index (χ0v) is 39.7. The molecule has 0 radical (unpaired) electrons. The Bertz CT molecular complexity index is 2290. The molecule has 0 bridgehead atoms. The lowest BCUT2D eigenvalue weighted by atomic mass is 9.95. The molecule has 1 aliphatic heterocycles. The maximum atomic E-state index is 14.1. The van der Waals surface area contributed by atoms with Gasteiger partial charge in [0.15, 0.2) is 0 Å². The van der Waals surface area contributed by atoms with Crippen molar-refractivity contribution in [1.82, 2.24) is 47.4 Å². The SMILES string of the molecule is C=C1N[C@@H]([C@@H](C)CC)C(=O)N[C@@H](CCC(N)=O)C(=O)N[C@@H](CC(N)=O)C(=O)N[C@H](C(=O)N(C)CC(=O)N[C@@H](Cc2ccc(O)cc2)C(=O)NCC(N)=O)CCC(=O)NCC(=O)N[C@H]1Cc1ccc(O)cc1. The van der Waals surface area contributed by atoms with Crippen LogP contribution in [-0.4, -0.2) is 143 Å². The number of carbonyl (C=O) groups is 11. The van der Waals surface area contributed by atoms with Crippen LogP contribution in [0, 0.1) is 5.92 Å². The predicted molar refractivity (Wildman–Crippen MR) is 253 cm³/mol. The lowest BCUT2D eigenvalue weighted by Gasteiger charge is -2.31. The molecule has 1 aliphatic rings. The van der Waals surface area contributed by atoms with Crippen molar-refractivity contribution in [1.29, 1.82) is 0 Å². The Balaban J connectivity index is 2.01. The Hall–Kier alpha value is -8.25. The highest BCUT2D eigenvalue weighted by atomic mass is 16.3. The van der Waals surface area contributed by atoms with Gasteiger partial charge < -0.3 is 74.8 Å². The minimum Gasteiger partial charge on any atom is -0.508 e. The summed E-state index contributed by atoms with van der Waals surface area (Å²) in [4.78, 5) is 146. The first kappa shape index (κ1) is 57.1. The molecule has 0 unspecified atom stereocenters. The van der Waals surface area contributed by atoms with E-state index < -0.39 is 152 Å². The summed E-state index contributed by atoms with van der Waals surface area (Å²) in [7, 11) is 1.16. The summed E-state index contributed by atoms with van der Waals surface area (Å²) < 4.78 is 0. The summed E-state index contributed by atoms with van der Waals surface area (Å²) in [6.45, 7) is 5.70. The third-order valence-corrected chi connectivity index (χ3v) is 11.3. The summed E-state index contributed by atoms with van der Waals surface area (Å²) in [5, 5.41) is 39.9. The van der Waals surface area contributed by atoms with Gasteiger partial charge in [-0.1, -0.05) is 51.1 Å². The van der Waals surface area contributed by atoms with Crippen LogP contribution in [0.3, 0.4) is 0 Å². The van der Waals surface area contributed by atoms with E-state index in [1.54, 1.807) is 26.0 Å². The van der Waals surface area contributed by atoms with Crippen LogP contribution in [0.4, 0.5) is 0 Å². The van der Waals surface area contributed by atoms with E-state index in [4.69, 9.17) is 17.2 Å². The van der Waals surface area contributed by atoms with Crippen LogP contribution in [-0.2, 0) is 65.6 Å². The number of rotatable bonds is 18. The van der Waals surface area contributed by atoms with E-state index in [1.165, 1.54) is 36.4 Å². The van der Waals surface area contributed by atoms with Gasteiger partial charge in [-0.3, -0.25) is 52.7 Å². The van der Waals surface area contributed by atoms with Crippen molar-refractivity contribution in [3.8, 4) is 11.5 Å². The highest BCUT2D eigenvalue weighted by molar-refractivity contribution is 5.98. The number of nitrogens with one attached hydrogen (secondary N) is 8. The summed E-state index contributed by atoms with van der Waals surface area (Å²) in [5.41, 5.74) is 17.3. The third-order valence-electron chi connectivity index (χ3n) is 11.3. The average Bonchev–Trinajstić information content (AvgIpc) is 3.31. The molecule has 71 heavy (non-hydrogen) atoms. The van der Waals surface area contributed by atoms with Crippen LogP contribution >= 0.6 is 0 Å². The number of nitrogens with zero attached hydrogens (tertiary/aromatic N) is 1. The van der Waals surface area contributed by atoms with E-state index in [1.807, 2.05) is 0 Å². The van der Waals surface area contributed by atoms with Gasteiger partial charge in [0, 0.05) is 32.0 Å². The van der Waals surface area contributed by atoms with Gasteiger partial charge >= 0.3 is 0 Å². The summed E-state index contributed by atoms with van der Waals surface area (Å²) in [5.74, 6) is -10.5. The van der Waals surface area contributed by atoms with Crippen LogP contribution in [0.5, 0.6) is 11.5 Å². The van der Waals surface area contributed by atoms with Crippen LogP contribution in [0.1, 0.15) is 63.5 Å². The molecule has 2 aromatic carbocycles. The Labute approximate surface area is 409 Å². The maximum Gasteiger partial charge on any atom is 0.245 e. The molecule has 1 heterocycles. The Morgan fingerprint density at radius 1 is 0.761 bits per heavy atom. The van der Waals surface area contributed by atoms with E-state index in [-0.39, 0.29) is 36.5 Å². The van der Waals surface area contributed by atoms with Gasteiger partial charge in [-0.25, -0.2) is 0 Å². The fourth-order valence-electron chi connectivity index (χ4n) is 7.12. The number of hydrogen-bond donors (Lipinski definition) is 13. The number of phenolic OH excluding ortho intramolecular Hbond substituents is 2. The summed E-state index contributed by atoms with van der Waals surface area (Å²) in [6, 6.07) is 3.30. The molecule has 25 nitrogen and oxygen atoms in total. The first-order chi connectivity index (χ1) is 33.4. The molecular weight excluding hydrogens is 929 g/mol. The predicted octanol–water partition coefficient (Wildman–Crippen LogP) is -4.06. The normalized spacial score (nSPS) is 20.4. The number of hydrogen-bond acceptors (Lipinski definition) is 14. The smallest absolute Gasteiger partial charge is 0.245 e. The van der Waals surface area contributed by atoms with Crippen molar-refractivity contribution in [3.05, 3.63) is 71.9 Å². The van der Waals surface area contributed by atoms with Gasteiger partial charge in [0.25, 0.3) is 0 Å². The Morgan fingerprint density at radius 2 is 1.35 bits per heavy atom. The fourth-order valence-corrected chi connectivity index (χ4v) is 7.12. The largest absolute Gasteiger partial charge is 0.508 e. The van der Waals surface area contributed by atoms with Gasteiger partial charge in [-0.2, -0.15) is 0 Å². The van der Waals surface area contributed by atoms with Crippen molar-refractivity contribution in [3.63, 3.8) is 0 Å². The second kappa shape index (κ2) is 27.7. The maximum absolute atomic E-state index is 14.1. The van der Waals surface area contributed by atoms with Gasteiger partial charge in [-0.05, 0) is 60.6 Å². The Morgan fingerprint density at radius 3 is 1.93 bits per heavy atom. The molecule has 7 atom stereocenters. The molecule has 0 spiro atoms. The molecule has 0 aromatic heterocycles. The van der Waals surface area contributed by atoms with E-state index in [2.05, 4.69) is 49.1 Å². The number of phenols is 2. The lowest BCUT2D eigenvalue weighted by molar-refractivity contribution is -0.140. The molecule has 0 saturated carbocycles. The average molecular weight is 993 g/mol. The standard InChI is InChI=1S/C46H64N12O13/c1-5-24(2)41-45(70)55-30(14-16-35(47)61)43(68)57-34(20-36(48)62)44(69)56-31(15-17-38(64)50-22-39(65)53-32(25(3)52-41)18-26-6-10-28(59)11-7-26)46(71)58(4)23-40(66)54-33(42(67)51-21-37(49)63)19-27-8-12-29(60)13-9-27/h6-13,24,30-34,41,52,59-60H,3,5,14-23H2,1-2,4H3,(H2,47,61)(H2,48,62)(H2,49,63)(H,50,64)(H,51,67)(H,53,65)(H,54,66)(H,55,70)(H,56,69)(H,57,68)/t24-,30-,31-,32-,33-,34-,41-/m0/s1. The summed E-state index contributed by atoms with van der Waals surface area (Å²) in [6.07, 6.45) is -2.29. The second-order valence-electron chi connectivity index (χ2n) is 17.1. The molecule has 1 fully saturated rings. The first-order valence-electron chi connectivity index (χ1n) is 22.6. The topological polar surface area (TPSA) is 406 Å². The lowest BCUT2D eigenvalue weighted by Crippen LogP contribution is -2.60. The monoisotopic (exact) mass is 992 g/mol. The van der Waals surface area contributed by atoms with E-state index in [0.29, 0.717) is 17.5 Å². The van der Waals surface area contributed by atoms with Crippen LogP contribution < -0.4 is 59.7 Å². The zero-order valence-electron chi connectivity index (χ0n) is 39.7. The molecule has 25 heteroatoms.